The van der Waals surface area contributed by atoms with Gasteiger partial charge >= 0.3 is 0 Å². The van der Waals surface area contributed by atoms with Gasteiger partial charge in [0, 0.05) is 11.6 Å². The number of nitrogens with zero attached hydrogens (tertiary/aromatic N) is 4. The van der Waals surface area contributed by atoms with Crippen LogP contribution in [-0.2, 0) is 0 Å². The van der Waals surface area contributed by atoms with E-state index in [4.69, 9.17) is 16.3 Å². The summed E-state index contributed by atoms with van der Waals surface area (Å²) in [5.41, 5.74) is 6.52. The van der Waals surface area contributed by atoms with Crippen LogP contribution in [0.4, 0.5) is 4.39 Å². The summed E-state index contributed by atoms with van der Waals surface area (Å²) in [4.78, 5) is 3.83. The third-order valence-electron chi connectivity index (χ3n) is 2.72. The van der Waals surface area contributed by atoms with Gasteiger partial charge in [0.2, 0.25) is 0 Å². The lowest BCUT2D eigenvalue weighted by Gasteiger charge is -2.14. The zero-order valence-corrected chi connectivity index (χ0v) is 10.1. The van der Waals surface area contributed by atoms with Crippen molar-refractivity contribution in [1.82, 2.24) is 9.55 Å². The molecule has 6 heteroatoms. The van der Waals surface area contributed by atoms with Gasteiger partial charge in [0.15, 0.2) is 11.4 Å². The van der Waals surface area contributed by atoms with E-state index in [-0.39, 0.29) is 17.0 Å². The van der Waals surface area contributed by atoms with Crippen LogP contribution in [0.3, 0.4) is 0 Å². The molecule has 2 rings (SSSR count). The SMILES string of the molecule is C[C@H](N)c1c(F)cccc1-n1cnc(C#N)c1C#N. The lowest BCUT2D eigenvalue weighted by atomic mass is 10.1. The molecule has 0 unspecified atom stereocenters. The van der Waals surface area contributed by atoms with Crippen molar-refractivity contribution in [3.8, 4) is 17.8 Å². The predicted molar refractivity (Wildman–Crippen MR) is 65.6 cm³/mol. The highest BCUT2D eigenvalue weighted by molar-refractivity contribution is 5.49. The van der Waals surface area contributed by atoms with Crippen LogP contribution in [0.2, 0.25) is 0 Å². The molecule has 5 nitrogen and oxygen atoms in total. The number of halogens is 1. The van der Waals surface area contributed by atoms with Gasteiger partial charge in [0.1, 0.15) is 24.3 Å². The maximum atomic E-state index is 13.8. The number of rotatable bonds is 2. The van der Waals surface area contributed by atoms with Crippen molar-refractivity contribution in [2.24, 2.45) is 5.73 Å². The Hall–Kier alpha value is -2.70. The minimum atomic E-state index is -0.546. The van der Waals surface area contributed by atoms with E-state index < -0.39 is 11.9 Å². The Morgan fingerprint density at radius 1 is 1.37 bits per heavy atom. The van der Waals surface area contributed by atoms with Crippen LogP contribution in [0, 0.1) is 28.5 Å². The van der Waals surface area contributed by atoms with Gasteiger partial charge < -0.3 is 5.73 Å². The number of nitrogens with two attached hydrogens (primary N) is 1. The van der Waals surface area contributed by atoms with Crippen molar-refractivity contribution < 1.29 is 4.39 Å². The highest BCUT2D eigenvalue weighted by atomic mass is 19.1. The molecule has 0 bridgehead atoms. The Balaban J connectivity index is 2.74. The first-order valence-electron chi connectivity index (χ1n) is 5.52. The quantitative estimate of drug-likeness (QED) is 0.885. The summed E-state index contributed by atoms with van der Waals surface area (Å²) in [5.74, 6) is -0.455. The molecule has 94 valence electrons. The summed E-state index contributed by atoms with van der Waals surface area (Å²) in [6.45, 7) is 1.65. The van der Waals surface area contributed by atoms with Gasteiger partial charge in [-0.05, 0) is 19.1 Å². The first-order valence-corrected chi connectivity index (χ1v) is 5.52. The van der Waals surface area contributed by atoms with Crippen LogP contribution in [-0.4, -0.2) is 9.55 Å². The highest BCUT2D eigenvalue weighted by Crippen LogP contribution is 2.25. The smallest absolute Gasteiger partial charge is 0.177 e. The summed E-state index contributed by atoms with van der Waals surface area (Å²) >= 11 is 0. The average molecular weight is 255 g/mol. The molecule has 19 heavy (non-hydrogen) atoms. The van der Waals surface area contributed by atoms with Crippen molar-refractivity contribution >= 4 is 0 Å². The average Bonchev–Trinajstić information content (AvgIpc) is 2.80. The molecule has 1 aromatic carbocycles. The molecule has 0 aliphatic rings. The molecule has 2 N–H and O–H groups in total. The maximum absolute atomic E-state index is 13.8. The van der Waals surface area contributed by atoms with Crippen LogP contribution >= 0.6 is 0 Å². The number of hydrogen-bond acceptors (Lipinski definition) is 4. The van der Waals surface area contributed by atoms with Gasteiger partial charge in [0.05, 0.1) is 5.69 Å². The fraction of sp³-hybridized carbons (Fsp3) is 0.154. The fourth-order valence-electron chi connectivity index (χ4n) is 1.91. The molecular weight excluding hydrogens is 245 g/mol. The maximum Gasteiger partial charge on any atom is 0.177 e. The van der Waals surface area contributed by atoms with Crippen molar-refractivity contribution in [3.63, 3.8) is 0 Å². The minimum Gasteiger partial charge on any atom is -0.324 e. The van der Waals surface area contributed by atoms with Gasteiger partial charge in [-0.3, -0.25) is 4.57 Å². The Kier molecular flexibility index (Phi) is 3.28. The van der Waals surface area contributed by atoms with Gasteiger partial charge in [0.25, 0.3) is 0 Å². The topological polar surface area (TPSA) is 91.4 Å². The predicted octanol–water partition coefficient (Wildman–Crippen LogP) is 1.77. The Morgan fingerprint density at radius 2 is 2.11 bits per heavy atom. The van der Waals surface area contributed by atoms with E-state index >= 15 is 0 Å². The lowest BCUT2D eigenvalue weighted by molar-refractivity contribution is 0.591. The molecule has 0 fully saturated rings. The second-order valence-corrected chi connectivity index (χ2v) is 4.00. The molecule has 0 aliphatic heterocycles. The van der Waals surface area contributed by atoms with Crippen LogP contribution in [0.5, 0.6) is 0 Å². The summed E-state index contributed by atoms with van der Waals surface area (Å²) in [7, 11) is 0. The largest absolute Gasteiger partial charge is 0.324 e. The monoisotopic (exact) mass is 255 g/mol. The molecular formula is C13H10FN5. The van der Waals surface area contributed by atoms with E-state index in [0.29, 0.717) is 5.69 Å². The van der Waals surface area contributed by atoms with Crippen molar-refractivity contribution in [1.29, 1.82) is 10.5 Å². The number of imidazole rings is 1. The van der Waals surface area contributed by atoms with E-state index in [1.54, 1.807) is 13.0 Å². The van der Waals surface area contributed by atoms with Crippen molar-refractivity contribution in [3.05, 3.63) is 47.3 Å². The number of benzene rings is 1. The standard InChI is InChI=1S/C13H10FN5/c1-8(17)13-9(14)3-2-4-11(13)19-7-18-10(5-15)12(19)6-16/h2-4,7-8H,17H2,1H3/t8-/m0/s1. The molecule has 1 heterocycles. The minimum absolute atomic E-state index is 0.00221. The summed E-state index contributed by atoms with van der Waals surface area (Å²) in [6.07, 6.45) is 1.32. The molecule has 0 aliphatic carbocycles. The van der Waals surface area contributed by atoms with E-state index in [0.717, 1.165) is 0 Å². The first-order chi connectivity index (χ1) is 9.10. The van der Waals surface area contributed by atoms with Crippen molar-refractivity contribution in [2.45, 2.75) is 13.0 Å². The number of aromatic nitrogens is 2. The Bertz CT molecular complexity index is 703. The Morgan fingerprint density at radius 3 is 2.68 bits per heavy atom. The second-order valence-electron chi connectivity index (χ2n) is 4.00. The molecule has 1 atom stereocenters. The molecule has 0 saturated carbocycles. The fourth-order valence-corrected chi connectivity index (χ4v) is 1.91. The van der Waals surface area contributed by atoms with Crippen LogP contribution in [0.15, 0.2) is 24.5 Å². The molecule has 0 spiro atoms. The van der Waals surface area contributed by atoms with E-state index in [1.165, 1.54) is 23.0 Å². The van der Waals surface area contributed by atoms with E-state index in [2.05, 4.69) is 4.98 Å². The van der Waals surface area contributed by atoms with Crippen LogP contribution < -0.4 is 5.73 Å². The Labute approximate surface area is 109 Å². The molecule has 1 aromatic heterocycles. The lowest BCUT2D eigenvalue weighted by Crippen LogP contribution is -2.12. The van der Waals surface area contributed by atoms with Gasteiger partial charge in [-0.1, -0.05) is 6.07 Å². The second kappa shape index (κ2) is 4.89. The molecule has 2 aromatic rings. The first kappa shape index (κ1) is 12.7. The van der Waals surface area contributed by atoms with Crippen LogP contribution in [0.25, 0.3) is 5.69 Å². The van der Waals surface area contributed by atoms with Gasteiger partial charge in [-0.2, -0.15) is 10.5 Å². The third kappa shape index (κ3) is 2.05. The van der Waals surface area contributed by atoms with Crippen LogP contribution in [0.1, 0.15) is 29.9 Å². The molecule has 0 radical (unpaired) electrons. The summed E-state index contributed by atoms with van der Waals surface area (Å²) < 4.78 is 15.2. The molecule has 0 amide bonds. The summed E-state index contributed by atoms with van der Waals surface area (Å²) in [5, 5.41) is 18.0. The number of hydrogen-bond donors (Lipinski definition) is 1. The normalized spacial score (nSPS) is 11.6. The van der Waals surface area contributed by atoms with Gasteiger partial charge in [-0.25, -0.2) is 9.37 Å². The van der Waals surface area contributed by atoms with Crippen molar-refractivity contribution in [2.75, 3.05) is 0 Å². The number of nitriles is 2. The highest BCUT2D eigenvalue weighted by Gasteiger charge is 2.18. The van der Waals surface area contributed by atoms with Gasteiger partial charge in [-0.15, -0.1) is 0 Å². The zero-order chi connectivity index (χ0) is 14.0. The van der Waals surface area contributed by atoms with E-state index in [1.807, 2.05) is 12.1 Å². The van der Waals surface area contributed by atoms with E-state index in [9.17, 15) is 4.39 Å². The third-order valence-corrected chi connectivity index (χ3v) is 2.72. The molecule has 0 saturated heterocycles. The summed E-state index contributed by atoms with van der Waals surface area (Å²) in [6, 6.07) is 7.62. The zero-order valence-electron chi connectivity index (χ0n) is 10.1.